The number of nitrogens with zero attached hydrogens (tertiary/aromatic N) is 1. The second-order valence-electron chi connectivity index (χ2n) is 3.57. The van der Waals surface area contributed by atoms with Gasteiger partial charge in [0.05, 0.1) is 5.52 Å². The van der Waals surface area contributed by atoms with Gasteiger partial charge in [-0.25, -0.2) is 10.6 Å². The number of hydrazine groups is 1. The first-order valence-electron chi connectivity index (χ1n) is 5.48. The van der Waals surface area contributed by atoms with Crippen LogP contribution in [0, 0.1) is 0 Å². The number of nitrogen functional groups attached to an aromatic ring is 1. The number of anilines is 1. The molecule has 1 heterocycles. The Kier molecular flexibility index (Phi) is 4.89. The minimum Gasteiger partial charge on any atom is -0.398 e. The summed E-state index contributed by atoms with van der Waals surface area (Å²) < 4.78 is 0. The Hall–Kier alpha value is -2.34. The Labute approximate surface area is 105 Å². The van der Waals surface area contributed by atoms with Gasteiger partial charge in [0.25, 0.3) is 0 Å². The normalized spacial score (nSPS) is 9.44. The highest BCUT2D eigenvalue weighted by atomic mass is 16.2. The molecule has 96 valence electrons. The van der Waals surface area contributed by atoms with Crippen LogP contribution in [0.5, 0.6) is 0 Å². The number of hydrogen-bond acceptors (Lipinski definition) is 4. The Morgan fingerprint density at radius 1 is 1.39 bits per heavy atom. The van der Waals surface area contributed by atoms with E-state index in [0.717, 1.165) is 17.6 Å². The molecule has 0 unspecified atom stereocenters. The van der Waals surface area contributed by atoms with Crippen molar-refractivity contribution in [3.05, 3.63) is 36.0 Å². The summed E-state index contributed by atoms with van der Waals surface area (Å²) in [4.78, 5) is 13.6. The van der Waals surface area contributed by atoms with Gasteiger partial charge in [0.1, 0.15) is 0 Å². The predicted octanol–water partition coefficient (Wildman–Crippen LogP) is 0.908. The van der Waals surface area contributed by atoms with Crippen LogP contribution < -0.4 is 22.7 Å². The standard InChI is InChI=1S/C11H12N2.CH5N3O/c1-2-8-9-4-3-7-13-11(9)6-5-10(8)12;2-1(5)4-3/h3-7H,2,12H2,1H3;3H2,(H3,2,4,5). The molecule has 6 heteroatoms. The summed E-state index contributed by atoms with van der Waals surface area (Å²) in [5.41, 5.74) is 15.0. The van der Waals surface area contributed by atoms with E-state index in [1.807, 2.05) is 18.2 Å². The summed E-state index contributed by atoms with van der Waals surface area (Å²) in [5, 5.41) is 1.17. The predicted molar refractivity (Wildman–Crippen MR) is 72.4 cm³/mol. The number of benzene rings is 1. The molecule has 0 aliphatic rings. The minimum atomic E-state index is -0.718. The second-order valence-corrected chi connectivity index (χ2v) is 3.57. The number of carbonyl (C=O) groups excluding carboxylic acids is 1. The number of rotatable bonds is 1. The Morgan fingerprint density at radius 3 is 2.61 bits per heavy atom. The molecule has 18 heavy (non-hydrogen) atoms. The monoisotopic (exact) mass is 247 g/mol. The summed E-state index contributed by atoms with van der Waals surface area (Å²) in [6.07, 6.45) is 2.76. The zero-order chi connectivity index (χ0) is 13.5. The van der Waals surface area contributed by atoms with Crippen LogP contribution in [0.25, 0.3) is 10.9 Å². The first kappa shape index (κ1) is 13.7. The molecule has 0 spiro atoms. The van der Waals surface area contributed by atoms with Gasteiger partial charge < -0.3 is 11.5 Å². The molecule has 7 N–H and O–H groups in total. The van der Waals surface area contributed by atoms with Gasteiger partial charge in [-0.2, -0.15) is 0 Å². The van der Waals surface area contributed by atoms with Gasteiger partial charge in [-0.05, 0) is 30.2 Å². The highest BCUT2D eigenvalue weighted by Gasteiger charge is 2.02. The molecular weight excluding hydrogens is 230 g/mol. The van der Waals surface area contributed by atoms with E-state index >= 15 is 0 Å². The van der Waals surface area contributed by atoms with Crippen LogP contribution in [-0.4, -0.2) is 11.0 Å². The van der Waals surface area contributed by atoms with Crippen molar-refractivity contribution in [3.8, 4) is 0 Å². The highest BCUT2D eigenvalue weighted by molar-refractivity contribution is 5.86. The smallest absolute Gasteiger partial charge is 0.326 e. The van der Waals surface area contributed by atoms with Crippen LogP contribution >= 0.6 is 0 Å². The molecule has 6 nitrogen and oxygen atoms in total. The summed E-state index contributed by atoms with van der Waals surface area (Å²) in [5.74, 6) is 4.45. The van der Waals surface area contributed by atoms with Crippen molar-refractivity contribution in [1.29, 1.82) is 0 Å². The number of hydrogen-bond donors (Lipinski definition) is 4. The third-order valence-electron chi connectivity index (χ3n) is 2.43. The number of aryl methyl sites for hydroxylation is 1. The lowest BCUT2D eigenvalue weighted by molar-refractivity contribution is 0.249. The van der Waals surface area contributed by atoms with E-state index in [9.17, 15) is 4.79 Å². The number of primary amides is 1. The average molecular weight is 247 g/mol. The molecule has 0 aliphatic carbocycles. The van der Waals surface area contributed by atoms with E-state index < -0.39 is 6.03 Å². The molecule has 0 fully saturated rings. The number of amides is 2. The molecule has 0 atom stereocenters. The average Bonchev–Trinajstić information content (AvgIpc) is 2.39. The van der Waals surface area contributed by atoms with Gasteiger partial charge in [-0.1, -0.05) is 13.0 Å². The van der Waals surface area contributed by atoms with Crippen LogP contribution in [-0.2, 0) is 6.42 Å². The van der Waals surface area contributed by atoms with E-state index in [0.29, 0.717) is 0 Å². The van der Waals surface area contributed by atoms with Gasteiger partial charge in [0.2, 0.25) is 0 Å². The SMILES string of the molecule is CCc1c(N)ccc2ncccc12.NNC(N)=O. The number of aromatic nitrogens is 1. The lowest BCUT2D eigenvalue weighted by Crippen LogP contribution is -2.34. The maximum absolute atomic E-state index is 9.35. The van der Waals surface area contributed by atoms with Crippen molar-refractivity contribution in [2.24, 2.45) is 11.6 Å². The van der Waals surface area contributed by atoms with Gasteiger partial charge in [-0.3, -0.25) is 10.4 Å². The quantitative estimate of drug-likeness (QED) is 0.259. The number of carbonyl (C=O) groups is 1. The molecule has 0 bridgehead atoms. The lowest BCUT2D eigenvalue weighted by Gasteiger charge is -2.06. The third kappa shape index (κ3) is 3.33. The summed E-state index contributed by atoms with van der Waals surface area (Å²) in [7, 11) is 0. The van der Waals surface area contributed by atoms with Gasteiger partial charge in [-0.15, -0.1) is 0 Å². The van der Waals surface area contributed by atoms with Crippen molar-refractivity contribution in [3.63, 3.8) is 0 Å². The molecule has 2 rings (SSSR count). The van der Waals surface area contributed by atoms with E-state index in [1.54, 1.807) is 11.6 Å². The molecule has 2 aromatic rings. The first-order chi connectivity index (χ1) is 8.60. The Bertz CT molecular complexity index is 541. The number of fused-ring (bicyclic) bond motifs is 1. The molecule has 0 radical (unpaired) electrons. The molecular formula is C12H17N5O. The van der Waals surface area contributed by atoms with Crippen LogP contribution in [0.1, 0.15) is 12.5 Å². The fourth-order valence-electron chi connectivity index (χ4n) is 1.62. The third-order valence-corrected chi connectivity index (χ3v) is 2.43. The topological polar surface area (TPSA) is 120 Å². The van der Waals surface area contributed by atoms with E-state index in [4.69, 9.17) is 5.73 Å². The Morgan fingerprint density at radius 2 is 2.06 bits per heavy atom. The van der Waals surface area contributed by atoms with E-state index in [-0.39, 0.29) is 0 Å². The van der Waals surface area contributed by atoms with Crippen molar-refractivity contribution in [2.45, 2.75) is 13.3 Å². The minimum absolute atomic E-state index is 0.718. The number of urea groups is 1. The fourth-order valence-corrected chi connectivity index (χ4v) is 1.62. The Balaban J connectivity index is 0.000000280. The molecule has 0 saturated carbocycles. The second kappa shape index (κ2) is 6.41. The van der Waals surface area contributed by atoms with Crippen molar-refractivity contribution < 1.29 is 4.79 Å². The van der Waals surface area contributed by atoms with Gasteiger partial charge >= 0.3 is 6.03 Å². The molecule has 1 aromatic heterocycles. The first-order valence-corrected chi connectivity index (χ1v) is 5.48. The largest absolute Gasteiger partial charge is 0.398 e. The molecule has 0 saturated heterocycles. The lowest BCUT2D eigenvalue weighted by atomic mass is 10.0. The maximum atomic E-state index is 9.35. The maximum Gasteiger partial charge on any atom is 0.326 e. The highest BCUT2D eigenvalue weighted by Crippen LogP contribution is 2.22. The number of pyridine rings is 1. The van der Waals surface area contributed by atoms with E-state index in [1.165, 1.54) is 10.9 Å². The fraction of sp³-hybridized carbons (Fsp3) is 0.167. The van der Waals surface area contributed by atoms with Crippen LogP contribution in [0.3, 0.4) is 0 Å². The zero-order valence-corrected chi connectivity index (χ0v) is 10.2. The summed E-state index contributed by atoms with van der Waals surface area (Å²) in [6, 6.07) is 7.18. The van der Waals surface area contributed by atoms with Gasteiger partial charge in [0, 0.05) is 17.3 Å². The summed E-state index contributed by atoms with van der Waals surface area (Å²) in [6.45, 7) is 2.11. The molecule has 0 aliphatic heterocycles. The zero-order valence-electron chi connectivity index (χ0n) is 10.2. The number of nitrogens with one attached hydrogen (secondary N) is 1. The van der Waals surface area contributed by atoms with Crippen LogP contribution in [0.4, 0.5) is 10.5 Å². The van der Waals surface area contributed by atoms with Crippen LogP contribution in [0.15, 0.2) is 30.5 Å². The van der Waals surface area contributed by atoms with Crippen LogP contribution in [0.2, 0.25) is 0 Å². The van der Waals surface area contributed by atoms with Crippen molar-refractivity contribution >= 4 is 22.6 Å². The molecule has 1 aromatic carbocycles. The van der Waals surface area contributed by atoms with Crippen molar-refractivity contribution in [1.82, 2.24) is 10.4 Å². The van der Waals surface area contributed by atoms with Gasteiger partial charge in [0.15, 0.2) is 0 Å². The molecule has 2 amide bonds. The summed E-state index contributed by atoms with van der Waals surface area (Å²) >= 11 is 0. The van der Waals surface area contributed by atoms with E-state index in [2.05, 4.69) is 29.6 Å². The van der Waals surface area contributed by atoms with Crippen molar-refractivity contribution in [2.75, 3.05) is 5.73 Å². The number of nitrogens with two attached hydrogens (primary N) is 3.